The number of nitrogens with one attached hydrogen (secondary N) is 2. The molecular formula is C28H31N3O3. The number of hydrogen-bond acceptors (Lipinski definition) is 4. The summed E-state index contributed by atoms with van der Waals surface area (Å²) in [6.45, 7) is 6.46. The van der Waals surface area contributed by atoms with Crippen LogP contribution in [0.2, 0.25) is 0 Å². The highest BCUT2D eigenvalue weighted by atomic mass is 16.5. The first-order chi connectivity index (χ1) is 16.3. The molecule has 1 aromatic heterocycles. The number of carbonyl (C=O) groups is 2. The molecule has 0 spiro atoms. The lowest BCUT2D eigenvalue weighted by Gasteiger charge is -2.19. The van der Waals surface area contributed by atoms with E-state index in [1.54, 1.807) is 18.3 Å². The van der Waals surface area contributed by atoms with E-state index in [0.717, 1.165) is 24.1 Å². The van der Waals surface area contributed by atoms with Crippen LogP contribution in [0.15, 0.2) is 66.9 Å². The average molecular weight is 458 g/mol. The highest BCUT2D eigenvalue weighted by Crippen LogP contribution is 2.31. The van der Waals surface area contributed by atoms with Crippen molar-refractivity contribution in [1.29, 1.82) is 0 Å². The summed E-state index contributed by atoms with van der Waals surface area (Å²) in [4.78, 5) is 28.7. The SMILES string of the molecule is CC(C)(C)c1cccc(NC(=O)CCc2cccc(Oc3ccnc(NC(=O)C4CC4)c3)c2)c1. The molecule has 1 aliphatic carbocycles. The molecule has 0 unspecified atom stereocenters. The van der Waals surface area contributed by atoms with Gasteiger partial charge in [-0.1, -0.05) is 45.0 Å². The number of ether oxygens (including phenoxy) is 1. The molecule has 2 aromatic carbocycles. The van der Waals surface area contributed by atoms with Crippen molar-refractivity contribution in [3.63, 3.8) is 0 Å². The number of benzene rings is 2. The monoisotopic (exact) mass is 457 g/mol. The second-order valence-corrected chi connectivity index (χ2v) is 9.77. The Bertz CT molecular complexity index is 1180. The maximum absolute atomic E-state index is 12.5. The van der Waals surface area contributed by atoms with Crippen LogP contribution < -0.4 is 15.4 Å². The minimum atomic E-state index is -0.0254. The molecule has 176 valence electrons. The second-order valence-electron chi connectivity index (χ2n) is 9.77. The Labute approximate surface area is 200 Å². The first kappa shape index (κ1) is 23.5. The third-order valence-electron chi connectivity index (χ3n) is 5.72. The standard InChI is InChI=1S/C28H31N3O3/c1-28(2,3)21-7-5-8-22(17-21)30-26(32)13-10-19-6-4-9-23(16-19)34-24-14-15-29-25(18-24)31-27(33)20-11-12-20/h4-9,14-18,20H,10-13H2,1-3H3,(H,30,32)(H,29,31,33). The smallest absolute Gasteiger partial charge is 0.228 e. The minimum Gasteiger partial charge on any atom is -0.457 e. The zero-order valence-electron chi connectivity index (χ0n) is 19.9. The van der Waals surface area contributed by atoms with Gasteiger partial charge in [0, 0.05) is 30.3 Å². The number of amides is 2. The van der Waals surface area contributed by atoms with Crippen molar-refractivity contribution in [3.8, 4) is 11.5 Å². The predicted molar refractivity (Wildman–Crippen MR) is 134 cm³/mol. The van der Waals surface area contributed by atoms with Crippen molar-refractivity contribution >= 4 is 23.3 Å². The van der Waals surface area contributed by atoms with Gasteiger partial charge < -0.3 is 15.4 Å². The van der Waals surface area contributed by atoms with E-state index < -0.39 is 0 Å². The Hall–Kier alpha value is -3.67. The highest BCUT2D eigenvalue weighted by Gasteiger charge is 2.29. The Balaban J connectivity index is 1.32. The molecule has 1 aliphatic rings. The van der Waals surface area contributed by atoms with Crippen LogP contribution in [0.5, 0.6) is 11.5 Å². The van der Waals surface area contributed by atoms with E-state index >= 15 is 0 Å². The van der Waals surface area contributed by atoms with E-state index in [1.807, 2.05) is 42.5 Å². The fraction of sp³-hybridized carbons (Fsp3) is 0.321. The number of aromatic nitrogens is 1. The van der Waals surface area contributed by atoms with Crippen molar-refractivity contribution in [3.05, 3.63) is 78.0 Å². The normalized spacial score (nSPS) is 13.3. The van der Waals surface area contributed by atoms with Crippen LogP contribution in [0.3, 0.4) is 0 Å². The molecule has 1 heterocycles. The fourth-order valence-corrected chi connectivity index (χ4v) is 3.56. The van der Waals surface area contributed by atoms with Crippen molar-refractivity contribution in [2.75, 3.05) is 10.6 Å². The Morgan fingerprint density at radius 3 is 2.50 bits per heavy atom. The molecule has 2 amide bonds. The van der Waals surface area contributed by atoms with Crippen molar-refractivity contribution in [2.45, 2.75) is 51.9 Å². The van der Waals surface area contributed by atoms with Gasteiger partial charge in [-0.15, -0.1) is 0 Å². The summed E-state index contributed by atoms with van der Waals surface area (Å²) in [5.74, 6) is 1.84. The fourth-order valence-electron chi connectivity index (χ4n) is 3.56. The zero-order chi connectivity index (χ0) is 24.1. The minimum absolute atomic E-state index is 0.00931. The zero-order valence-corrected chi connectivity index (χ0v) is 19.9. The van der Waals surface area contributed by atoms with Gasteiger partial charge in [0.25, 0.3) is 0 Å². The summed E-state index contributed by atoms with van der Waals surface area (Å²) in [5, 5.41) is 5.83. The molecule has 1 saturated carbocycles. The molecule has 4 rings (SSSR count). The molecule has 0 radical (unpaired) electrons. The lowest BCUT2D eigenvalue weighted by atomic mass is 9.87. The summed E-state index contributed by atoms with van der Waals surface area (Å²) in [6, 6.07) is 19.1. The number of pyridine rings is 1. The number of hydrogen-bond donors (Lipinski definition) is 2. The summed E-state index contributed by atoms with van der Waals surface area (Å²) in [6.07, 6.45) is 4.46. The third-order valence-corrected chi connectivity index (χ3v) is 5.72. The molecule has 0 bridgehead atoms. The third kappa shape index (κ3) is 6.67. The van der Waals surface area contributed by atoms with Gasteiger partial charge in [0.2, 0.25) is 11.8 Å². The van der Waals surface area contributed by atoms with E-state index in [1.165, 1.54) is 5.56 Å². The van der Waals surface area contributed by atoms with Crippen LogP contribution in [0.1, 0.15) is 51.2 Å². The quantitative estimate of drug-likeness (QED) is 0.429. The van der Waals surface area contributed by atoms with Crippen LogP contribution >= 0.6 is 0 Å². The highest BCUT2D eigenvalue weighted by molar-refractivity contribution is 5.93. The Morgan fingerprint density at radius 1 is 0.971 bits per heavy atom. The van der Waals surface area contributed by atoms with Gasteiger partial charge in [0.15, 0.2) is 0 Å². The Morgan fingerprint density at radius 2 is 1.74 bits per heavy atom. The molecule has 6 heteroatoms. The number of carbonyl (C=O) groups excluding carboxylic acids is 2. The van der Waals surface area contributed by atoms with Crippen molar-refractivity contribution < 1.29 is 14.3 Å². The summed E-state index contributed by atoms with van der Waals surface area (Å²) >= 11 is 0. The number of nitrogens with zero attached hydrogens (tertiary/aromatic N) is 1. The van der Waals surface area contributed by atoms with E-state index in [4.69, 9.17) is 4.74 Å². The van der Waals surface area contributed by atoms with E-state index in [-0.39, 0.29) is 23.1 Å². The van der Waals surface area contributed by atoms with Gasteiger partial charge >= 0.3 is 0 Å². The molecule has 34 heavy (non-hydrogen) atoms. The topological polar surface area (TPSA) is 80.3 Å². The van der Waals surface area contributed by atoms with Gasteiger partial charge in [-0.3, -0.25) is 9.59 Å². The summed E-state index contributed by atoms with van der Waals surface area (Å²) in [5.41, 5.74) is 3.03. The Kier molecular flexibility index (Phi) is 6.96. The maximum atomic E-state index is 12.5. The molecule has 2 N–H and O–H groups in total. The van der Waals surface area contributed by atoms with Crippen molar-refractivity contribution in [1.82, 2.24) is 4.98 Å². The van der Waals surface area contributed by atoms with Crippen LogP contribution in [-0.2, 0) is 21.4 Å². The second kappa shape index (κ2) is 10.1. The number of anilines is 2. The molecule has 0 saturated heterocycles. The molecule has 3 aromatic rings. The largest absolute Gasteiger partial charge is 0.457 e. The van der Waals surface area contributed by atoms with Crippen LogP contribution in [0.25, 0.3) is 0 Å². The van der Waals surface area contributed by atoms with E-state index in [2.05, 4.69) is 42.5 Å². The van der Waals surface area contributed by atoms with Crippen LogP contribution in [0, 0.1) is 5.92 Å². The van der Waals surface area contributed by atoms with Gasteiger partial charge in [-0.05, 0) is 66.1 Å². The molecule has 0 atom stereocenters. The van der Waals surface area contributed by atoms with Gasteiger partial charge in [0.05, 0.1) is 0 Å². The van der Waals surface area contributed by atoms with Gasteiger partial charge in [0.1, 0.15) is 17.3 Å². The average Bonchev–Trinajstić information content (AvgIpc) is 3.64. The lowest BCUT2D eigenvalue weighted by molar-refractivity contribution is -0.117. The van der Waals surface area contributed by atoms with Crippen LogP contribution in [-0.4, -0.2) is 16.8 Å². The summed E-state index contributed by atoms with van der Waals surface area (Å²) in [7, 11) is 0. The number of aryl methyl sites for hydroxylation is 1. The number of rotatable bonds is 8. The van der Waals surface area contributed by atoms with Crippen molar-refractivity contribution in [2.24, 2.45) is 5.92 Å². The van der Waals surface area contributed by atoms with E-state index in [9.17, 15) is 9.59 Å². The molecule has 1 fully saturated rings. The van der Waals surface area contributed by atoms with Gasteiger partial charge in [-0.25, -0.2) is 4.98 Å². The first-order valence-corrected chi connectivity index (χ1v) is 11.7. The lowest BCUT2D eigenvalue weighted by Crippen LogP contribution is -2.15. The molecular weight excluding hydrogens is 426 g/mol. The van der Waals surface area contributed by atoms with E-state index in [0.29, 0.717) is 30.2 Å². The predicted octanol–water partition coefficient (Wildman–Crippen LogP) is 6.09. The molecule has 0 aliphatic heterocycles. The maximum Gasteiger partial charge on any atom is 0.228 e. The van der Waals surface area contributed by atoms with Gasteiger partial charge in [-0.2, -0.15) is 0 Å². The van der Waals surface area contributed by atoms with Crippen LogP contribution in [0.4, 0.5) is 11.5 Å². The molecule has 6 nitrogen and oxygen atoms in total. The first-order valence-electron chi connectivity index (χ1n) is 11.7. The summed E-state index contributed by atoms with van der Waals surface area (Å²) < 4.78 is 5.97.